The van der Waals surface area contributed by atoms with Gasteiger partial charge in [-0.05, 0) is 24.6 Å². The van der Waals surface area contributed by atoms with E-state index in [0.29, 0.717) is 12.1 Å². The molecule has 26 heavy (non-hydrogen) atoms. The summed E-state index contributed by atoms with van der Waals surface area (Å²) in [7, 11) is 0. The molecule has 0 radical (unpaired) electrons. The van der Waals surface area contributed by atoms with Crippen LogP contribution in [0.4, 0.5) is 5.95 Å². The number of carbonyl (C=O) groups excluding carboxylic acids is 2. The maximum atomic E-state index is 12.2. The highest BCUT2D eigenvalue weighted by atomic mass is 16.2. The molecule has 1 aromatic heterocycles. The second kappa shape index (κ2) is 8.06. The standard InChI is InChI=1S/C19H19N5O2/c1-14-6-5-9-16(10-14)18(26)22-19-21-13-24(23-19)12-17(25)20-11-15-7-3-2-4-8-15/h2-10,13H,11-12H2,1H3,(H,20,25)(H,22,23,26). The van der Waals surface area contributed by atoms with Crippen LogP contribution < -0.4 is 10.6 Å². The minimum Gasteiger partial charge on any atom is -0.350 e. The number of amides is 2. The van der Waals surface area contributed by atoms with Gasteiger partial charge in [-0.1, -0.05) is 48.0 Å². The lowest BCUT2D eigenvalue weighted by Crippen LogP contribution is -2.27. The van der Waals surface area contributed by atoms with E-state index >= 15 is 0 Å². The molecule has 0 atom stereocenters. The van der Waals surface area contributed by atoms with Crippen molar-refractivity contribution in [3.8, 4) is 0 Å². The monoisotopic (exact) mass is 349 g/mol. The SMILES string of the molecule is Cc1cccc(C(=O)Nc2ncn(CC(=O)NCc3ccccc3)n2)c1. The number of hydrogen-bond acceptors (Lipinski definition) is 4. The molecule has 3 rings (SSSR count). The van der Waals surface area contributed by atoms with Crippen molar-refractivity contribution in [3.63, 3.8) is 0 Å². The average molecular weight is 349 g/mol. The third kappa shape index (κ3) is 4.76. The van der Waals surface area contributed by atoms with Crippen molar-refractivity contribution in [2.75, 3.05) is 5.32 Å². The summed E-state index contributed by atoms with van der Waals surface area (Å²) in [4.78, 5) is 28.2. The van der Waals surface area contributed by atoms with E-state index in [-0.39, 0.29) is 24.3 Å². The van der Waals surface area contributed by atoms with E-state index in [2.05, 4.69) is 20.7 Å². The lowest BCUT2D eigenvalue weighted by atomic mass is 10.1. The first kappa shape index (κ1) is 17.3. The van der Waals surface area contributed by atoms with Gasteiger partial charge in [0.15, 0.2) is 0 Å². The van der Waals surface area contributed by atoms with Crippen LogP contribution in [0.2, 0.25) is 0 Å². The molecule has 2 aromatic carbocycles. The summed E-state index contributed by atoms with van der Waals surface area (Å²) in [5.74, 6) is -0.317. The Bertz CT molecular complexity index is 905. The fraction of sp³-hybridized carbons (Fsp3) is 0.158. The molecular formula is C19H19N5O2. The Morgan fingerprint density at radius 3 is 2.65 bits per heavy atom. The fourth-order valence-corrected chi connectivity index (χ4v) is 2.39. The van der Waals surface area contributed by atoms with E-state index in [1.165, 1.54) is 11.0 Å². The number of nitrogens with zero attached hydrogens (tertiary/aromatic N) is 3. The highest BCUT2D eigenvalue weighted by Crippen LogP contribution is 2.07. The van der Waals surface area contributed by atoms with Crippen molar-refractivity contribution in [1.82, 2.24) is 20.1 Å². The summed E-state index contributed by atoms with van der Waals surface area (Å²) in [5, 5.41) is 9.54. The molecule has 0 aliphatic heterocycles. The van der Waals surface area contributed by atoms with Gasteiger partial charge in [-0.15, -0.1) is 5.10 Å². The Hall–Kier alpha value is -3.48. The molecule has 1 heterocycles. The van der Waals surface area contributed by atoms with Crippen molar-refractivity contribution >= 4 is 17.8 Å². The smallest absolute Gasteiger partial charge is 0.258 e. The molecule has 7 nitrogen and oxygen atoms in total. The summed E-state index contributed by atoms with van der Waals surface area (Å²) < 4.78 is 1.38. The largest absolute Gasteiger partial charge is 0.350 e. The third-order valence-corrected chi connectivity index (χ3v) is 3.68. The third-order valence-electron chi connectivity index (χ3n) is 3.68. The van der Waals surface area contributed by atoms with E-state index in [1.807, 2.05) is 49.4 Å². The molecule has 7 heteroatoms. The zero-order chi connectivity index (χ0) is 18.4. The maximum absolute atomic E-state index is 12.2. The minimum absolute atomic E-state index is 0.0279. The van der Waals surface area contributed by atoms with E-state index < -0.39 is 0 Å². The Balaban J connectivity index is 1.52. The van der Waals surface area contributed by atoms with Crippen molar-refractivity contribution in [1.29, 1.82) is 0 Å². The van der Waals surface area contributed by atoms with Gasteiger partial charge < -0.3 is 5.32 Å². The molecular weight excluding hydrogens is 330 g/mol. The number of nitrogens with one attached hydrogen (secondary N) is 2. The number of benzene rings is 2. The molecule has 132 valence electrons. The number of aryl methyl sites for hydroxylation is 1. The fourth-order valence-electron chi connectivity index (χ4n) is 2.39. The van der Waals surface area contributed by atoms with Gasteiger partial charge in [0.05, 0.1) is 0 Å². The topological polar surface area (TPSA) is 88.9 Å². The molecule has 0 saturated carbocycles. The molecule has 0 bridgehead atoms. The average Bonchev–Trinajstić information content (AvgIpc) is 3.07. The summed E-state index contributed by atoms with van der Waals surface area (Å²) in [6.07, 6.45) is 1.41. The van der Waals surface area contributed by atoms with Crippen molar-refractivity contribution in [2.24, 2.45) is 0 Å². The van der Waals surface area contributed by atoms with Crippen LogP contribution in [-0.4, -0.2) is 26.6 Å². The highest BCUT2D eigenvalue weighted by molar-refractivity contribution is 6.03. The molecule has 2 amide bonds. The predicted octanol–water partition coefficient (Wildman–Crippen LogP) is 2.16. The van der Waals surface area contributed by atoms with E-state index in [9.17, 15) is 9.59 Å². The molecule has 0 aliphatic rings. The Kier molecular flexibility index (Phi) is 5.38. The van der Waals surface area contributed by atoms with Gasteiger partial charge in [0.2, 0.25) is 11.9 Å². The summed E-state index contributed by atoms with van der Waals surface area (Å²) >= 11 is 0. The van der Waals surface area contributed by atoms with Crippen LogP contribution in [0.5, 0.6) is 0 Å². The van der Waals surface area contributed by atoms with Gasteiger partial charge in [-0.3, -0.25) is 14.9 Å². The number of aromatic nitrogens is 3. The van der Waals surface area contributed by atoms with E-state index in [0.717, 1.165) is 11.1 Å². The van der Waals surface area contributed by atoms with Crippen LogP contribution in [-0.2, 0) is 17.9 Å². The van der Waals surface area contributed by atoms with Crippen molar-refractivity contribution in [2.45, 2.75) is 20.0 Å². The van der Waals surface area contributed by atoms with E-state index in [4.69, 9.17) is 0 Å². The van der Waals surface area contributed by atoms with E-state index in [1.54, 1.807) is 12.1 Å². The first-order valence-corrected chi connectivity index (χ1v) is 8.18. The number of carbonyl (C=O) groups is 2. The Labute approximate surface area is 151 Å². The molecule has 0 saturated heterocycles. The summed E-state index contributed by atoms with van der Waals surface area (Å²) in [6, 6.07) is 16.9. The van der Waals surface area contributed by atoms with Crippen LogP contribution in [0.3, 0.4) is 0 Å². The van der Waals surface area contributed by atoms with Crippen molar-refractivity contribution in [3.05, 3.63) is 77.6 Å². The van der Waals surface area contributed by atoms with Crippen LogP contribution in [0.1, 0.15) is 21.5 Å². The summed E-state index contributed by atoms with van der Waals surface area (Å²) in [6.45, 7) is 2.39. The highest BCUT2D eigenvalue weighted by Gasteiger charge is 2.10. The molecule has 2 N–H and O–H groups in total. The van der Waals surface area contributed by atoms with Crippen LogP contribution in [0, 0.1) is 6.92 Å². The van der Waals surface area contributed by atoms with Gasteiger partial charge in [0.25, 0.3) is 5.91 Å². The minimum atomic E-state index is -0.292. The van der Waals surface area contributed by atoms with Gasteiger partial charge in [-0.25, -0.2) is 9.67 Å². The number of rotatable bonds is 6. The first-order chi connectivity index (χ1) is 12.6. The first-order valence-electron chi connectivity index (χ1n) is 8.18. The van der Waals surface area contributed by atoms with Gasteiger partial charge in [0, 0.05) is 12.1 Å². The molecule has 3 aromatic rings. The second-order valence-electron chi connectivity index (χ2n) is 5.85. The lowest BCUT2D eigenvalue weighted by molar-refractivity contribution is -0.122. The second-order valence-corrected chi connectivity index (χ2v) is 5.85. The maximum Gasteiger partial charge on any atom is 0.258 e. The quantitative estimate of drug-likeness (QED) is 0.714. The van der Waals surface area contributed by atoms with Crippen molar-refractivity contribution < 1.29 is 9.59 Å². The van der Waals surface area contributed by atoms with Gasteiger partial charge in [0.1, 0.15) is 12.9 Å². The summed E-state index contributed by atoms with van der Waals surface area (Å²) in [5.41, 5.74) is 2.54. The lowest BCUT2D eigenvalue weighted by Gasteiger charge is -2.05. The molecule has 0 fully saturated rings. The zero-order valence-electron chi connectivity index (χ0n) is 14.3. The Morgan fingerprint density at radius 2 is 1.88 bits per heavy atom. The Morgan fingerprint density at radius 1 is 1.08 bits per heavy atom. The normalized spacial score (nSPS) is 10.3. The number of anilines is 1. The van der Waals surface area contributed by atoms with Crippen LogP contribution in [0.25, 0.3) is 0 Å². The van der Waals surface area contributed by atoms with Gasteiger partial charge in [-0.2, -0.15) is 0 Å². The molecule has 0 unspecified atom stereocenters. The van der Waals surface area contributed by atoms with Crippen LogP contribution >= 0.6 is 0 Å². The molecule has 0 spiro atoms. The number of hydrogen-bond donors (Lipinski definition) is 2. The van der Waals surface area contributed by atoms with Gasteiger partial charge >= 0.3 is 0 Å². The predicted molar refractivity (Wildman–Crippen MR) is 97.4 cm³/mol. The molecule has 0 aliphatic carbocycles. The zero-order valence-corrected chi connectivity index (χ0v) is 14.3. The van der Waals surface area contributed by atoms with Crippen LogP contribution in [0.15, 0.2) is 60.9 Å².